The fourth-order valence-electron chi connectivity index (χ4n) is 1.83. The monoisotopic (exact) mass is 414 g/mol. The summed E-state index contributed by atoms with van der Waals surface area (Å²) in [6.07, 6.45) is 1.57. The molecule has 4 nitrogen and oxygen atoms in total. The molecule has 0 fully saturated rings. The summed E-state index contributed by atoms with van der Waals surface area (Å²) in [4.78, 5) is 8.10. The Hall–Kier alpha value is -1.70. The number of hydrogen-bond acceptors (Lipinski definition) is 2. The lowest BCUT2D eigenvalue weighted by molar-refractivity contribution is 0.592. The van der Waals surface area contributed by atoms with Gasteiger partial charge in [0.1, 0.15) is 5.82 Å². The Labute approximate surface area is 147 Å². The summed E-state index contributed by atoms with van der Waals surface area (Å²) < 4.78 is 13.5. The van der Waals surface area contributed by atoms with E-state index in [9.17, 15) is 4.39 Å². The lowest BCUT2D eigenvalue weighted by atomic mass is 10.1. The molecular formula is C16H20FIN4. The molecule has 0 aliphatic heterocycles. The third-order valence-corrected chi connectivity index (χ3v) is 3.06. The number of rotatable bonds is 4. The van der Waals surface area contributed by atoms with Gasteiger partial charge < -0.3 is 10.6 Å². The van der Waals surface area contributed by atoms with Crippen LogP contribution in [0.5, 0.6) is 0 Å². The van der Waals surface area contributed by atoms with Gasteiger partial charge in [0.25, 0.3) is 0 Å². The number of guanidine groups is 1. The van der Waals surface area contributed by atoms with Gasteiger partial charge in [0, 0.05) is 19.8 Å². The van der Waals surface area contributed by atoms with Gasteiger partial charge in [0.15, 0.2) is 5.96 Å². The Balaban J connectivity index is 0.00000242. The highest BCUT2D eigenvalue weighted by Crippen LogP contribution is 2.03. The highest BCUT2D eigenvalue weighted by atomic mass is 127. The molecule has 0 aliphatic carbocycles. The first-order valence-electron chi connectivity index (χ1n) is 6.78. The highest BCUT2D eigenvalue weighted by Gasteiger charge is 2.04. The Bertz CT molecular complexity index is 614. The summed E-state index contributed by atoms with van der Waals surface area (Å²) in [5, 5.41) is 6.23. The molecule has 2 rings (SSSR count). The van der Waals surface area contributed by atoms with Gasteiger partial charge in [-0.2, -0.15) is 0 Å². The van der Waals surface area contributed by atoms with Gasteiger partial charge >= 0.3 is 0 Å². The predicted molar refractivity (Wildman–Crippen MR) is 97.8 cm³/mol. The second-order valence-corrected chi connectivity index (χ2v) is 4.70. The van der Waals surface area contributed by atoms with E-state index in [1.165, 1.54) is 11.6 Å². The molecule has 0 radical (unpaired) electrons. The van der Waals surface area contributed by atoms with Crippen molar-refractivity contribution in [1.29, 1.82) is 0 Å². The zero-order valence-corrected chi connectivity index (χ0v) is 15.0. The molecule has 0 saturated heterocycles. The minimum atomic E-state index is -0.320. The van der Waals surface area contributed by atoms with Crippen molar-refractivity contribution in [2.75, 3.05) is 7.05 Å². The van der Waals surface area contributed by atoms with Crippen LogP contribution in [0, 0.1) is 12.7 Å². The summed E-state index contributed by atoms with van der Waals surface area (Å²) in [5.41, 5.74) is 2.76. The van der Waals surface area contributed by atoms with Crippen molar-refractivity contribution >= 4 is 29.9 Å². The number of hydrogen-bond donors (Lipinski definition) is 2. The summed E-state index contributed by atoms with van der Waals surface area (Å²) in [5.74, 6) is 0.291. The van der Waals surface area contributed by atoms with Gasteiger partial charge in [-0.25, -0.2) is 4.39 Å². The SMILES string of the molecule is CN=C(NCc1ccc(C)cc1)NCc1ncccc1F.I. The second kappa shape index (κ2) is 9.34. The van der Waals surface area contributed by atoms with Crippen LogP contribution in [0.15, 0.2) is 47.6 Å². The molecule has 1 aromatic carbocycles. The summed E-state index contributed by atoms with van der Waals surface area (Å²) >= 11 is 0. The van der Waals surface area contributed by atoms with Crippen molar-refractivity contribution in [3.63, 3.8) is 0 Å². The normalized spacial score (nSPS) is 10.8. The lowest BCUT2D eigenvalue weighted by Gasteiger charge is -2.12. The summed E-state index contributed by atoms with van der Waals surface area (Å²) in [6, 6.07) is 11.2. The van der Waals surface area contributed by atoms with Crippen molar-refractivity contribution in [2.24, 2.45) is 4.99 Å². The molecule has 22 heavy (non-hydrogen) atoms. The number of aromatic nitrogens is 1. The van der Waals surface area contributed by atoms with E-state index in [4.69, 9.17) is 0 Å². The van der Waals surface area contributed by atoms with Crippen molar-refractivity contribution in [1.82, 2.24) is 15.6 Å². The molecule has 1 aromatic heterocycles. The third kappa shape index (κ3) is 5.59. The van der Waals surface area contributed by atoms with Gasteiger partial charge in [-0.3, -0.25) is 9.98 Å². The van der Waals surface area contributed by atoms with Crippen molar-refractivity contribution in [3.8, 4) is 0 Å². The van der Waals surface area contributed by atoms with Gasteiger partial charge in [-0.1, -0.05) is 29.8 Å². The molecular weight excluding hydrogens is 394 g/mol. The van der Waals surface area contributed by atoms with Gasteiger partial charge in [-0.05, 0) is 24.6 Å². The first kappa shape index (κ1) is 18.3. The maximum atomic E-state index is 13.5. The Morgan fingerprint density at radius 1 is 1.14 bits per heavy atom. The predicted octanol–water partition coefficient (Wildman–Crippen LogP) is 3.01. The number of aryl methyl sites for hydroxylation is 1. The van der Waals surface area contributed by atoms with Crippen LogP contribution in [0.3, 0.4) is 0 Å². The number of nitrogens with zero attached hydrogens (tertiary/aromatic N) is 2. The average Bonchev–Trinajstić information content (AvgIpc) is 2.51. The van der Waals surface area contributed by atoms with Crippen LogP contribution in [-0.2, 0) is 13.1 Å². The minimum Gasteiger partial charge on any atom is -0.352 e. The zero-order chi connectivity index (χ0) is 15.1. The number of pyridine rings is 1. The molecule has 2 N–H and O–H groups in total. The van der Waals surface area contributed by atoms with Crippen LogP contribution in [-0.4, -0.2) is 18.0 Å². The maximum Gasteiger partial charge on any atom is 0.191 e. The largest absolute Gasteiger partial charge is 0.352 e. The maximum absolute atomic E-state index is 13.5. The van der Waals surface area contributed by atoms with Gasteiger partial charge in [0.05, 0.1) is 12.2 Å². The van der Waals surface area contributed by atoms with E-state index in [2.05, 4.69) is 51.8 Å². The Kier molecular flexibility index (Phi) is 7.79. The van der Waals surface area contributed by atoms with Crippen molar-refractivity contribution in [3.05, 3.63) is 65.2 Å². The molecule has 118 valence electrons. The van der Waals surface area contributed by atoms with E-state index in [0.717, 1.165) is 5.56 Å². The number of nitrogens with one attached hydrogen (secondary N) is 2. The molecule has 0 atom stereocenters. The smallest absolute Gasteiger partial charge is 0.191 e. The van der Waals surface area contributed by atoms with E-state index in [1.54, 1.807) is 19.3 Å². The molecule has 0 spiro atoms. The highest BCUT2D eigenvalue weighted by molar-refractivity contribution is 14.0. The minimum absolute atomic E-state index is 0. The number of halogens is 2. The quantitative estimate of drug-likeness (QED) is 0.460. The molecule has 0 unspecified atom stereocenters. The van der Waals surface area contributed by atoms with E-state index in [-0.39, 0.29) is 29.8 Å². The number of aliphatic imine (C=N–C) groups is 1. The average molecular weight is 414 g/mol. The van der Waals surface area contributed by atoms with Gasteiger partial charge in [0.2, 0.25) is 0 Å². The standard InChI is InChI=1S/C16H19FN4.HI/c1-12-5-7-13(8-6-12)10-20-16(18-2)21-11-15-14(17)4-3-9-19-15;/h3-9H,10-11H2,1-2H3,(H2,18,20,21);1H. The van der Waals surface area contributed by atoms with Crippen LogP contribution in [0.1, 0.15) is 16.8 Å². The van der Waals surface area contributed by atoms with Crippen LogP contribution in [0.4, 0.5) is 4.39 Å². The molecule has 1 heterocycles. The van der Waals surface area contributed by atoms with Crippen LogP contribution in [0.25, 0.3) is 0 Å². The van der Waals surface area contributed by atoms with Crippen molar-refractivity contribution < 1.29 is 4.39 Å². The third-order valence-electron chi connectivity index (χ3n) is 3.06. The lowest BCUT2D eigenvalue weighted by Crippen LogP contribution is -2.36. The Morgan fingerprint density at radius 2 is 1.82 bits per heavy atom. The summed E-state index contributed by atoms with van der Waals surface area (Å²) in [6.45, 7) is 3.00. The molecule has 6 heteroatoms. The summed E-state index contributed by atoms with van der Waals surface area (Å²) in [7, 11) is 1.68. The molecule has 0 amide bonds. The van der Waals surface area contributed by atoms with Crippen LogP contribution >= 0.6 is 24.0 Å². The van der Waals surface area contributed by atoms with Crippen molar-refractivity contribution in [2.45, 2.75) is 20.0 Å². The van der Waals surface area contributed by atoms with Gasteiger partial charge in [-0.15, -0.1) is 24.0 Å². The van der Waals surface area contributed by atoms with E-state index >= 15 is 0 Å². The Morgan fingerprint density at radius 3 is 2.45 bits per heavy atom. The fraction of sp³-hybridized carbons (Fsp3) is 0.250. The number of benzene rings is 1. The van der Waals surface area contributed by atoms with Crippen LogP contribution in [0.2, 0.25) is 0 Å². The fourth-order valence-corrected chi connectivity index (χ4v) is 1.83. The zero-order valence-electron chi connectivity index (χ0n) is 12.6. The van der Waals surface area contributed by atoms with E-state index in [0.29, 0.717) is 24.7 Å². The van der Waals surface area contributed by atoms with Crippen LogP contribution < -0.4 is 10.6 Å². The van der Waals surface area contributed by atoms with E-state index < -0.39 is 0 Å². The first-order chi connectivity index (χ1) is 10.2. The molecule has 2 aromatic rings. The molecule has 0 saturated carbocycles. The second-order valence-electron chi connectivity index (χ2n) is 4.70. The first-order valence-corrected chi connectivity index (χ1v) is 6.78. The molecule has 0 bridgehead atoms. The topological polar surface area (TPSA) is 49.3 Å². The molecule has 0 aliphatic rings. The van der Waals surface area contributed by atoms with E-state index in [1.807, 2.05) is 0 Å².